The lowest BCUT2D eigenvalue weighted by molar-refractivity contribution is 0.372. The van der Waals surface area contributed by atoms with Crippen LogP contribution in [0.1, 0.15) is 36.5 Å². The molecule has 1 heterocycles. The molecule has 1 fully saturated rings. The zero-order chi connectivity index (χ0) is 11.4. The topological polar surface area (TPSA) is 12.0 Å². The van der Waals surface area contributed by atoms with Crippen LogP contribution in [-0.2, 0) is 12.8 Å². The van der Waals surface area contributed by atoms with Gasteiger partial charge in [0.25, 0.3) is 0 Å². The van der Waals surface area contributed by atoms with Crippen molar-refractivity contribution in [3.05, 3.63) is 34.9 Å². The van der Waals surface area contributed by atoms with E-state index < -0.39 is 0 Å². The van der Waals surface area contributed by atoms with Crippen molar-refractivity contribution >= 4 is 0 Å². The zero-order valence-corrected chi connectivity index (χ0v) is 10.6. The molecule has 1 aromatic carbocycles. The minimum Gasteiger partial charge on any atom is -0.317 e. The Morgan fingerprint density at radius 2 is 1.94 bits per heavy atom. The first-order valence-corrected chi connectivity index (χ1v) is 6.58. The van der Waals surface area contributed by atoms with Crippen LogP contribution < -0.4 is 5.32 Å². The minimum absolute atomic E-state index is 0.897. The predicted octanol–water partition coefficient (Wildman–Crippen LogP) is 3.10. The second-order valence-electron chi connectivity index (χ2n) is 5.02. The van der Waals surface area contributed by atoms with Gasteiger partial charge < -0.3 is 5.32 Å². The van der Waals surface area contributed by atoms with Crippen molar-refractivity contribution in [3.8, 4) is 0 Å². The van der Waals surface area contributed by atoms with Crippen LogP contribution in [0.4, 0.5) is 0 Å². The van der Waals surface area contributed by atoms with Crippen molar-refractivity contribution in [2.24, 2.45) is 5.92 Å². The number of hydrogen-bond donors (Lipinski definition) is 1. The molecule has 0 bridgehead atoms. The summed E-state index contributed by atoms with van der Waals surface area (Å²) in [7, 11) is 0. The molecule has 1 saturated heterocycles. The lowest BCUT2D eigenvalue weighted by Gasteiger charge is -2.23. The van der Waals surface area contributed by atoms with Gasteiger partial charge in [-0.2, -0.15) is 0 Å². The maximum absolute atomic E-state index is 3.44. The summed E-state index contributed by atoms with van der Waals surface area (Å²) >= 11 is 0. The fraction of sp³-hybridized carbons (Fsp3) is 0.600. The second kappa shape index (κ2) is 5.49. The van der Waals surface area contributed by atoms with Crippen molar-refractivity contribution in [1.82, 2.24) is 5.32 Å². The van der Waals surface area contributed by atoms with Gasteiger partial charge in [-0.05, 0) is 62.7 Å². The Morgan fingerprint density at radius 1 is 1.19 bits per heavy atom. The number of piperidine rings is 1. The van der Waals surface area contributed by atoms with Crippen LogP contribution >= 0.6 is 0 Å². The average Bonchev–Trinajstić information content (AvgIpc) is 2.31. The molecule has 1 N–H and O–H groups in total. The molecule has 0 atom stereocenters. The maximum atomic E-state index is 3.44. The van der Waals surface area contributed by atoms with E-state index in [1.807, 2.05) is 0 Å². The van der Waals surface area contributed by atoms with Crippen molar-refractivity contribution in [2.75, 3.05) is 13.1 Å². The van der Waals surface area contributed by atoms with Gasteiger partial charge in [-0.3, -0.25) is 0 Å². The summed E-state index contributed by atoms with van der Waals surface area (Å²) in [4.78, 5) is 0. The Balaban J connectivity index is 2.09. The Bertz CT molecular complexity index is 337. The first-order chi connectivity index (χ1) is 7.79. The van der Waals surface area contributed by atoms with Crippen LogP contribution in [0.2, 0.25) is 0 Å². The van der Waals surface area contributed by atoms with E-state index in [1.165, 1.54) is 44.3 Å². The first kappa shape index (κ1) is 11.7. The molecule has 0 aliphatic carbocycles. The van der Waals surface area contributed by atoms with E-state index in [1.54, 1.807) is 11.1 Å². The zero-order valence-electron chi connectivity index (χ0n) is 10.6. The van der Waals surface area contributed by atoms with E-state index in [4.69, 9.17) is 0 Å². The Kier molecular flexibility index (Phi) is 4.00. The Hall–Kier alpha value is -0.820. The number of benzene rings is 1. The van der Waals surface area contributed by atoms with E-state index in [0.717, 1.165) is 5.92 Å². The van der Waals surface area contributed by atoms with Gasteiger partial charge in [-0.1, -0.05) is 30.7 Å². The molecular formula is C15H23N. The summed E-state index contributed by atoms with van der Waals surface area (Å²) in [6.07, 6.45) is 5.14. The summed E-state index contributed by atoms with van der Waals surface area (Å²) < 4.78 is 0. The molecule has 1 nitrogen and oxygen atoms in total. The molecule has 1 aliphatic heterocycles. The molecule has 1 aliphatic rings. The van der Waals surface area contributed by atoms with Gasteiger partial charge in [0.15, 0.2) is 0 Å². The average molecular weight is 217 g/mol. The lowest BCUT2D eigenvalue weighted by atomic mass is 9.88. The predicted molar refractivity (Wildman–Crippen MR) is 69.9 cm³/mol. The maximum Gasteiger partial charge on any atom is -0.00462 e. The van der Waals surface area contributed by atoms with Crippen LogP contribution in [0, 0.1) is 12.8 Å². The molecule has 0 unspecified atom stereocenters. The minimum atomic E-state index is 0.897. The summed E-state index contributed by atoms with van der Waals surface area (Å²) in [5.74, 6) is 0.897. The van der Waals surface area contributed by atoms with Crippen LogP contribution in [0.15, 0.2) is 18.2 Å². The van der Waals surface area contributed by atoms with Gasteiger partial charge in [-0.25, -0.2) is 0 Å². The summed E-state index contributed by atoms with van der Waals surface area (Å²) in [5, 5.41) is 3.44. The van der Waals surface area contributed by atoms with Crippen molar-refractivity contribution < 1.29 is 0 Å². The molecule has 0 amide bonds. The number of nitrogens with one attached hydrogen (secondary N) is 1. The SMILES string of the molecule is CCc1ccc(C)cc1CC1CCNCC1. The molecule has 0 spiro atoms. The molecule has 1 heteroatoms. The second-order valence-corrected chi connectivity index (χ2v) is 5.02. The number of hydrogen-bond acceptors (Lipinski definition) is 1. The Morgan fingerprint density at radius 3 is 2.62 bits per heavy atom. The highest BCUT2D eigenvalue weighted by Gasteiger charge is 2.14. The third-order valence-corrected chi connectivity index (χ3v) is 3.71. The standard InChI is InChI=1S/C15H23N/c1-3-14-5-4-12(2)10-15(14)11-13-6-8-16-9-7-13/h4-5,10,13,16H,3,6-9,11H2,1-2H3. The molecular weight excluding hydrogens is 194 g/mol. The third-order valence-electron chi connectivity index (χ3n) is 3.71. The summed E-state index contributed by atoms with van der Waals surface area (Å²) in [6.45, 7) is 6.87. The number of rotatable bonds is 3. The van der Waals surface area contributed by atoms with Gasteiger partial charge >= 0.3 is 0 Å². The monoisotopic (exact) mass is 217 g/mol. The van der Waals surface area contributed by atoms with Gasteiger partial charge in [0.05, 0.1) is 0 Å². The summed E-state index contributed by atoms with van der Waals surface area (Å²) in [6, 6.07) is 6.94. The largest absolute Gasteiger partial charge is 0.317 e. The lowest BCUT2D eigenvalue weighted by Crippen LogP contribution is -2.28. The highest BCUT2D eigenvalue weighted by Crippen LogP contribution is 2.21. The van der Waals surface area contributed by atoms with E-state index >= 15 is 0 Å². The van der Waals surface area contributed by atoms with Gasteiger partial charge in [0, 0.05) is 0 Å². The normalized spacial score (nSPS) is 17.6. The molecule has 16 heavy (non-hydrogen) atoms. The summed E-state index contributed by atoms with van der Waals surface area (Å²) in [5.41, 5.74) is 4.54. The molecule has 0 aromatic heterocycles. The highest BCUT2D eigenvalue weighted by molar-refractivity contribution is 5.32. The fourth-order valence-electron chi connectivity index (χ4n) is 2.69. The number of aryl methyl sites for hydroxylation is 2. The molecule has 1 aromatic rings. The molecule has 2 rings (SSSR count). The van der Waals surface area contributed by atoms with Crippen LogP contribution in [0.3, 0.4) is 0 Å². The van der Waals surface area contributed by atoms with Crippen LogP contribution in [0.25, 0.3) is 0 Å². The van der Waals surface area contributed by atoms with Crippen LogP contribution in [0.5, 0.6) is 0 Å². The van der Waals surface area contributed by atoms with E-state index in [-0.39, 0.29) is 0 Å². The van der Waals surface area contributed by atoms with E-state index in [2.05, 4.69) is 37.4 Å². The van der Waals surface area contributed by atoms with E-state index in [9.17, 15) is 0 Å². The van der Waals surface area contributed by atoms with Crippen molar-refractivity contribution in [1.29, 1.82) is 0 Å². The van der Waals surface area contributed by atoms with Crippen molar-refractivity contribution in [2.45, 2.75) is 39.5 Å². The van der Waals surface area contributed by atoms with Gasteiger partial charge in [-0.15, -0.1) is 0 Å². The smallest absolute Gasteiger partial charge is 0.00462 e. The van der Waals surface area contributed by atoms with E-state index in [0.29, 0.717) is 0 Å². The van der Waals surface area contributed by atoms with Crippen molar-refractivity contribution in [3.63, 3.8) is 0 Å². The molecule has 88 valence electrons. The molecule has 0 saturated carbocycles. The van der Waals surface area contributed by atoms with Crippen LogP contribution in [-0.4, -0.2) is 13.1 Å². The first-order valence-electron chi connectivity index (χ1n) is 6.58. The van der Waals surface area contributed by atoms with Gasteiger partial charge in [0.2, 0.25) is 0 Å². The quantitative estimate of drug-likeness (QED) is 0.820. The van der Waals surface area contributed by atoms with Gasteiger partial charge in [0.1, 0.15) is 0 Å². The third kappa shape index (κ3) is 2.85. The Labute approximate surface area is 99.3 Å². The fourth-order valence-corrected chi connectivity index (χ4v) is 2.69. The molecule has 0 radical (unpaired) electrons. The highest BCUT2D eigenvalue weighted by atomic mass is 14.9.